The van der Waals surface area contributed by atoms with Gasteiger partial charge in [0.25, 0.3) is 0 Å². The van der Waals surface area contributed by atoms with Gasteiger partial charge in [0.1, 0.15) is 0 Å². The van der Waals surface area contributed by atoms with Crippen molar-refractivity contribution in [2.75, 3.05) is 0 Å². The lowest BCUT2D eigenvalue weighted by molar-refractivity contribution is -0.118. The zero-order valence-corrected chi connectivity index (χ0v) is 8.28. The Balaban J connectivity index is 2.34. The van der Waals surface area contributed by atoms with Gasteiger partial charge in [0.05, 0.1) is 6.42 Å². The van der Waals surface area contributed by atoms with Gasteiger partial charge in [-0.3, -0.25) is 9.52 Å². The second-order valence-electron chi connectivity index (χ2n) is 3.25. The molecule has 0 spiro atoms. The molecule has 0 fully saturated rings. The molecule has 0 saturated heterocycles. The molecular formula is C10H11NOS. The van der Waals surface area contributed by atoms with Gasteiger partial charge in [0.15, 0.2) is 0 Å². The van der Waals surface area contributed by atoms with E-state index in [1.807, 2.05) is 0 Å². The minimum atomic E-state index is 0.106. The standard InChI is InChI=1S/C10H11NOS/c1-7-3-2-4-9-8(5-7)6-10(12)11-13-9/h2-3,5H,4,6H2,1H3,(H,11,12). The summed E-state index contributed by atoms with van der Waals surface area (Å²) in [5, 5.41) is 0. The Labute approximate surface area is 81.9 Å². The molecule has 0 unspecified atom stereocenters. The quantitative estimate of drug-likeness (QED) is 0.598. The second-order valence-corrected chi connectivity index (χ2v) is 4.15. The molecule has 68 valence electrons. The van der Waals surface area contributed by atoms with Crippen molar-refractivity contribution in [2.45, 2.75) is 19.8 Å². The Morgan fingerprint density at radius 1 is 1.54 bits per heavy atom. The molecule has 0 bridgehead atoms. The second kappa shape index (κ2) is 3.42. The van der Waals surface area contributed by atoms with Crippen LogP contribution in [0.5, 0.6) is 0 Å². The van der Waals surface area contributed by atoms with Crippen molar-refractivity contribution in [1.82, 2.24) is 4.72 Å². The van der Waals surface area contributed by atoms with Crippen LogP contribution in [-0.4, -0.2) is 5.91 Å². The Kier molecular flexibility index (Phi) is 2.27. The highest BCUT2D eigenvalue weighted by Gasteiger charge is 2.17. The fraction of sp³-hybridized carbons (Fsp3) is 0.300. The molecule has 13 heavy (non-hydrogen) atoms. The van der Waals surface area contributed by atoms with Crippen molar-refractivity contribution in [1.29, 1.82) is 0 Å². The van der Waals surface area contributed by atoms with Crippen LogP contribution in [-0.2, 0) is 4.79 Å². The average Bonchev–Trinajstić information content (AvgIpc) is 2.25. The normalized spacial score (nSPS) is 21.9. The van der Waals surface area contributed by atoms with E-state index in [0.717, 1.165) is 6.42 Å². The Morgan fingerprint density at radius 2 is 2.38 bits per heavy atom. The van der Waals surface area contributed by atoms with Crippen molar-refractivity contribution in [3.05, 3.63) is 34.3 Å². The molecule has 0 saturated carbocycles. The first-order chi connectivity index (χ1) is 6.25. The fourth-order valence-corrected chi connectivity index (χ4v) is 2.22. The van der Waals surface area contributed by atoms with E-state index in [4.69, 9.17) is 0 Å². The van der Waals surface area contributed by atoms with Gasteiger partial charge in [-0.25, -0.2) is 0 Å². The molecule has 1 aliphatic heterocycles. The maximum absolute atomic E-state index is 11.1. The molecule has 1 N–H and O–H groups in total. The first-order valence-electron chi connectivity index (χ1n) is 4.28. The molecule has 3 heteroatoms. The lowest BCUT2D eigenvalue weighted by atomic mass is 10.1. The van der Waals surface area contributed by atoms with E-state index in [-0.39, 0.29) is 5.91 Å². The maximum atomic E-state index is 11.1. The Hall–Kier alpha value is -0.960. The van der Waals surface area contributed by atoms with Crippen molar-refractivity contribution >= 4 is 17.9 Å². The lowest BCUT2D eigenvalue weighted by Gasteiger charge is -2.15. The van der Waals surface area contributed by atoms with Gasteiger partial charge in [-0.15, -0.1) is 0 Å². The molecule has 0 aromatic carbocycles. The van der Waals surface area contributed by atoms with Crippen molar-refractivity contribution in [2.24, 2.45) is 0 Å². The number of rotatable bonds is 0. The van der Waals surface area contributed by atoms with Crippen LogP contribution in [0.1, 0.15) is 19.8 Å². The molecule has 0 atom stereocenters. The summed E-state index contributed by atoms with van der Waals surface area (Å²) in [6.07, 6.45) is 7.81. The first kappa shape index (κ1) is 8.63. The van der Waals surface area contributed by atoms with E-state index in [1.165, 1.54) is 28.0 Å². The summed E-state index contributed by atoms with van der Waals surface area (Å²) >= 11 is 1.45. The highest BCUT2D eigenvalue weighted by atomic mass is 32.2. The van der Waals surface area contributed by atoms with E-state index in [0.29, 0.717) is 6.42 Å². The number of hydrogen-bond acceptors (Lipinski definition) is 2. The topological polar surface area (TPSA) is 29.1 Å². The van der Waals surface area contributed by atoms with Crippen LogP contribution in [0.25, 0.3) is 0 Å². The van der Waals surface area contributed by atoms with Crippen LogP contribution in [0, 0.1) is 0 Å². The number of hydrogen-bond donors (Lipinski definition) is 1. The molecule has 0 aromatic rings. The van der Waals surface area contributed by atoms with Crippen molar-refractivity contribution in [3.63, 3.8) is 0 Å². The SMILES string of the molecule is CC1=CC2=C(CC=C1)SNC(=O)C2. The van der Waals surface area contributed by atoms with Crippen molar-refractivity contribution in [3.8, 4) is 0 Å². The summed E-state index contributed by atoms with van der Waals surface area (Å²) in [6.45, 7) is 2.06. The third-order valence-electron chi connectivity index (χ3n) is 2.08. The minimum Gasteiger partial charge on any atom is -0.296 e. The lowest BCUT2D eigenvalue weighted by Crippen LogP contribution is -2.20. The molecule has 0 radical (unpaired) electrons. The zero-order valence-electron chi connectivity index (χ0n) is 7.46. The molecule has 2 rings (SSSR count). The van der Waals surface area contributed by atoms with Crippen LogP contribution < -0.4 is 4.72 Å². The third kappa shape index (κ3) is 1.86. The van der Waals surface area contributed by atoms with Gasteiger partial charge in [0, 0.05) is 4.91 Å². The zero-order chi connectivity index (χ0) is 9.26. The molecule has 1 amide bonds. The Bertz CT molecular complexity index is 339. The fourth-order valence-electron chi connectivity index (χ4n) is 1.47. The van der Waals surface area contributed by atoms with Crippen LogP contribution in [0.4, 0.5) is 0 Å². The largest absolute Gasteiger partial charge is 0.296 e. The summed E-state index contributed by atoms with van der Waals surface area (Å²) in [6, 6.07) is 0. The molecule has 1 heterocycles. The Morgan fingerprint density at radius 3 is 3.23 bits per heavy atom. The van der Waals surface area contributed by atoms with Gasteiger partial charge >= 0.3 is 0 Å². The summed E-state index contributed by atoms with van der Waals surface area (Å²) in [5.74, 6) is 0.106. The van der Waals surface area contributed by atoms with Crippen molar-refractivity contribution < 1.29 is 4.79 Å². The van der Waals surface area contributed by atoms with Gasteiger partial charge in [-0.2, -0.15) is 0 Å². The summed E-state index contributed by atoms with van der Waals surface area (Å²) in [5.41, 5.74) is 2.40. The van der Waals surface area contributed by atoms with Gasteiger partial charge < -0.3 is 0 Å². The predicted molar refractivity (Wildman–Crippen MR) is 54.9 cm³/mol. The molecule has 1 aliphatic carbocycles. The number of carbonyl (C=O) groups excluding carboxylic acids is 1. The summed E-state index contributed by atoms with van der Waals surface area (Å²) in [7, 11) is 0. The van der Waals surface area contributed by atoms with Crippen LogP contribution >= 0.6 is 11.9 Å². The summed E-state index contributed by atoms with van der Waals surface area (Å²) < 4.78 is 2.78. The summed E-state index contributed by atoms with van der Waals surface area (Å²) in [4.78, 5) is 12.4. The monoisotopic (exact) mass is 193 g/mol. The maximum Gasteiger partial charge on any atom is 0.234 e. The van der Waals surface area contributed by atoms with Gasteiger partial charge in [-0.05, 0) is 30.9 Å². The molecule has 0 aromatic heterocycles. The van der Waals surface area contributed by atoms with E-state index >= 15 is 0 Å². The molecule has 2 aliphatic rings. The smallest absolute Gasteiger partial charge is 0.234 e. The number of amides is 1. The van der Waals surface area contributed by atoms with Gasteiger partial charge in [-0.1, -0.05) is 23.8 Å². The molecular weight excluding hydrogens is 182 g/mol. The number of allylic oxidation sites excluding steroid dienone is 5. The van der Waals surface area contributed by atoms with Gasteiger partial charge in [0.2, 0.25) is 5.91 Å². The van der Waals surface area contributed by atoms with E-state index in [2.05, 4.69) is 29.9 Å². The highest BCUT2D eigenvalue weighted by Crippen LogP contribution is 2.31. The number of nitrogens with one attached hydrogen (secondary N) is 1. The first-order valence-corrected chi connectivity index (χ1v) is 5.10. The number of carbonyl (C=O) groups is 1. The van der Waals surface area contributed by atoms with E-state index < -0.39 is 0 Å². The van der Waals surface area contributed by atoms with E-state index in [1.54, 1.807) is 0 Å². The van der Waals surface area contributed by atoms with Crippen LogP contribution in [0.2, 0.25) is 0 Å². The predicted octanol–water partition coefficient (Wildman–Crippen LogP) is 2.31. The third-order valence-corrected chi connectivity index (χ3v) is 3.09. The van der Waals surface area contributed by atoms with Crippen LogP contribution in [0.15, 0.2) is 34.3 Å². The average molecular weight is 193 g/mol. The minimum absolute atomic E-state index is 0.106. The highest BCUT2D eigenvalue weighted by molar-refractivity contribution is 8.01. The van der Waals surface area contributed by atoms with E-state index in [9.17, 15) is 4.79 Å². The molecule has 2 nitrogen and oxygen atoms in total. The van der Waals surface area contributed by atoms with Crippen LogP contribution in [0.3, 0.4) is 0 Å².